The molecular formula is C41H46N4O7. The van der Waals surface area contributed by atoms with Gasteiger partial charge in [-0.05, 0) is 81.2 Å². The Balaban J connectivity index is 1.23. The first-order valence-corrected chi connectivity index (χ1v) is 18.3. The van der Waals surface area contributed by atoms with Crippen LogP contribution in [0.25, 0.3) is 0 Å². The molecule has 0 aromatic heterocycles. The summed E-state index contributed by atoms with van der Waals surface area (Å²) in [4.78, 5) is 75.9. The molecule has 0 aliphatic carbocycles. The Hall–Kier alpha value is -5.19. The molecule has 4 aliphatic rings. The molecule has 7 rings (SSSR count). The number of fused-ring (bicyclic) bond motifs is 2. The number of carboxylic acid groups (broad SMARTS) is 1. The van der Waals surface area contributed by atoms with Gasteiger partial charge in [0.1, 0.15) is 23.7 Å². The second-order valence-electron chi connectivity index (χ2n) is 15.3. The number of carboxylic acids is 1. The van der Waals surface area contributed by atoms with Gasteiger partial charge in [0.25, 0.3) is 0 Å². The zero-order chi connectivity index (χ0) is 36.7. The van der Waals surface area contributed by atoms with Crippen LogP contribution in [0.2, 0.25) is 0 Å². The maximum absolute atomic E-state index is 15.1. The van der Waals surface area contributed by atoms with Crippen LogP contribution in [0.5, 0.6) is 0 Å². The highest BCUT2D eigenvalue weighted by atomic mass is 16.6. The Bertz CT molecular complexity index is 1870. The molecule has 0 saturated carbocycles. The second-order valence-corrected chi connectivity index (χ2v) is 15.3. The highest BCUT2D eigenvalue weighted by Crippen LogP contribution is 2.42. The number of benzene rings is 3. The fourth-order valence-electron chi connectivity index (χ4n) is 8.52. The van der Waals surface area contributed by atoms with E-state index in [1.807, 2.05) is 78.9 Å². The van der Waals surface area contributed by atoms with Crippen LogP contribution in [0.1, 0.15) is 81.2 Å². The predicted molar refractivity (Wildman–Crippen MR) is 193 cm³/mol. The number of hydrogen-bond donors (Lipinski definition) is 1. The van der Waals surface area contributed by atoms with Crippen LogP contribution in [0, 0.1) is 0 Å². The van der Waals surface area contributed by atoms with Gasteiger partial charge in [-0.15, -0.1) is 0 Å². The molecule has 0 bridgehead atoms. The summed E-state index contributed by atoms with van der Waals surface area (Å²) in [5.74, 6) is -1.90. The zero-order valence-corrected chi connectivity index (χ0v) is 29.9. The lowest BCUT2D eigenvalue weighted by molar-refractivity contribution is -0.151. The third kappa shape index (κ3) is 6.76. The summed E-state index contributed by atoms with van der Waals surface area (Å²) in [6.45, 7) is 5.99. The quantitative estimate of drug-likeness (QED) is 0.359. The number of nitrogens with zero attached hydrogens (tertiary/aromatic N) is 4. The number of hydrogen-bond acceptors (Lipinski definition) is 6. The summed E-state index contributed by atoms with van der Waals surface area (Å²) < 4.78 is 5.82. The van der Waals surface area contributed by atoms with Crippen LogP contribution in [-0.4, -0.2) is 85.9 Å². The van der Waals surface area contributed by atoms with Gasteiger partial charge in [-0.1, -0.05) is 72.8 Å². The minimum absolute atomic E-state index is 0.0169. The summed E-state index contributed by atoms with van der Waals surface area (Å²) in [5, 5.41) is 9.78. The van der Waals surface area contributed by atoms with Crippen molar-refractivity contribution < 1.29 is 33.8 Å². The van der Waals surface area contributed by atoms with E-state index in [2.05, 4.69) is 0 Å². The van der Waals surface area contributed by atoms with E-state index in [9.17, 15) is 19.5 Å². The summed E-state index contributed by atoms with van der Waals surface area (Å²) in [7, 11) is 0. The maximum Gasteiger partial charge on any atom is 0.415 e. The van der Waals surface area contributed by atoms with Gasteiger partial charge in [0.05, 0.1) is 11.7 Å². The summed E-state index contributed by atoms with van der Waals surface area (Å²) in [6.07, 6.45) is 2.04. The standard InChI is InChI=1S/C41H46N4O7/c1-41(2,3)52-40(51)45-31-17-10-9-15-28(31)23-35(45)38(48)44-32(26-12-5-4-6-13-26)19-20-33(44)37(47)43-25-29-16-8-7-14-27(29)22-30(43)24-36(46)42-21-11-18-34(42)39(49)50/h4-10,12-17,30,32-35H,11,18-25H2,1-3H3,(H,49,50)/t30-,32+,33-,34-,35-/m1/s1. The Labute approximate surface area is 304 Å². The molecule has 3 aromatic carbocycles. The van der Waals surface area contributed by atoms with E-state index < -0.39 is 47.9 Å². The van der Waals surface area contributed by atoms with Crippen molar-refractivity contribution in [1.82, 2.24) is 14.7 Å². The molecule has 11 heteroatoms. The van der Waals surface area contributed by atoms with Crippen molar-refractivity contribution in [2.45, 2.75) is 108 Å². The van der Waals surface area contributed by atoms with Crippen molar-refractivity contribution in [1.29, 1.82) is 0 Å². The van der Waals surface area contributed by atoms with E-state index in [0.29, 0.717) is 44.3 Å². The topological polar surface area (TPSA) is 128 Å². The number of ether oxygens (including phenoxy) is 1. The number of para-hydroxylation sites is 1. The largest absolute Gasteiger partial charge is 0.480 e. The van der Waals surface area contributed by atoms with Crippen LogP contribution >= 0.6 is 0 Å². The average molecular weight is 707 g/mol. The molecule has 0 radical (unpaired) electrons. The first-order chi connectivity index (χ1) is 24.9. The van der Waals surface area contributed by atoms with Crippen LogP contribution in [0.4, 0.5) is 10.5 Å². The van der Waals surface area contributed by atoms with Crippen molar-refractivity contribution in [3.05, 3.63) is 101 Å². The number of aliphatic carboxylic acids is 1. The van der Waals surface area contributed by atoms with E-state index in [-0.39, 0.29) is 37.1 Å². The fraction of sp³-hybridized carbons (Fsp3) is 0.439. The second kappa shape index (κ2) is 14.1. The molecular weight excluding hydrogens is 660 g/mol. The normalized spacial score (nSPS) is 24.0. The fourth-order valence-corrected chi connectivity index (χ4v) is 8.52. The number of likely N-dealkylation sites (tertiary alicyclic amines) is 2. The average Bonchev–Trinajstić information content (AvgIpc) is 3.88. The molecule has 4 amide bonds. The van der Waals surface area contributed by atoms with Gasteiger partial charge in [-0.25, -0.2) is 9.59 Å². The minimum Gasteiger partial charge on any atom is -0.480 e. The molecule has 4 heterocycles. The minimum atomic E-state index is -1.02. The van der Waals surface area contributed by atoms with Gasteiger partial charge >= 0.3 is 12.1 Å². The van der Waals surface area contributed by atoms with Crippen molar-refractivity contribution in [2.24, 2.45) is 0 Å². The lowest BCUT2D eigenvalue weighted by Crippen LogP contribution is -2.57. The van der Waals surface area contributed by atoms with Crippen LogP contribution in [0.3, 0.4) is 0 Å². The van der Waals surface area contributed by atoms with Gasteiger partial charge in [0.15, 0.2) is 0 Å². The first-order valence-electron chi connectivity index (χ1n) is 18.3. The monoisotopic (exact) mass is 706 g/mol. The van der Waals surface area contributed by atoms with E-state index >= 15 is 9.59 Å². The molecule has 1 N–H and O–H groups in total. The first kappa shape index (κ1) is 35.2. The van der Waals surface area contributed by atoms with Gasteiger partial charge in [-0.2, -0.15) is 0 Å². The van der Waals surface area contributed by atoms with E-state index in [1.54, 1.807) is 30.6 Å². The lowest BCUT2D eigenvalue weighted by Gasteiger charge is -2.41. The number of anilines is 1. The maximum atomic E-state index is 15.1. The Morgan fingerprint density at radius 1 is 0.731 bits per heavy atom. The Morgan fingerprint density at radius 2 is 1.40 bits per heavy atom. The van der Waals surface area contributed by atoms with Crippen LogP contribution < -0.4 is 4.90 Å². The van der Waals surface area contributed by atoms with E-state index in [1.165, 1.54) is 9.80 Å². The molecule has 11 nitrogen and oxygen atoms in total. The summed E-state index contributed by atoms with van der Waals surface area (Å²) in [5.41, 5.74) is 3.58. The lowest BCUT2D eigenvalue weighted by atomic mass is 9.91. The van der Waals surface area contributed by atoms with Crippen molar-refractivity contribution in [2.75, 3.05) is 11.4 Å². The number of carbonyl (C=O) groups excluding carboxylic acids is 4. The molecule has 4 aliphatic heterocycles. The summed E-state index contributed by atoms with van der Waals surface area (Å²) >= 11 is 0. The summed E-state index contributed by atoms with van der Waals surface area (Å²) in [6, 6.07) is 21.4. The van der Waals surface area contributed by atoms with Gasteiger partial charge < -0.3 is 24.5 Å². The van der Waals surface area contributed by atoms with Crippen LogP contribution in [-0.2, 0) is 43.3 Å². The molecule has 272 valence electrons. The van der Waals surface area contributed by atoms with Crippen molar-refractivity contribution >= 4 is 35.5 Å². The molecule has 0 unspecified atom stereocenters. The Morgan fingerprint density at radius 3 is 2.12 bits per heavy atom. The predicted octanol–water partition coefficient (Wildman–Crippen LogP) is 5.50. The number of amides is 4. The Kier molecular flexibility index (Phi) is 9.54. The van der Waals surface area contributed by atoms with Crippen molar-refractivity contribution in [3.63, 3.8) is 0 Å². The molecule has 0 spiro atoms. The van der Waals surface area contributed by atoms with Gasteiger partial charge in [0, 0.05) is 32.0 Å². The smallest absolute Gasteiger partial charge is 0.415 e. The van der Waals surface area contributed by atoms with E-state index in [0.717, 1.165) is 22.3 Å². The van der Waals surface area contributed by atoms with Crippen molar-refractivity contribution in [3.8, 4) is 0 Å². The van der Waals surface area contributed by atoms with Gasteiger partial charge in [-0.3, -0.25) is 19.3 Å². The number of rotatable bonds is 6. The van der Waals surface area contributed by atoms with E-state index in [4.69, 9.17) is 4.74 Å². The third-order valence-corrected chi connectivity index (χ3v) is 10.9. The molecule has 3 aromatic rings. The zero-order valence-electron chi connectivity index (χ0n) is 29.9. The SMILES string of the molecule is CC(C)(C)OC(=O)N1c2ccccc2C[C@@H]1C(=O)N1[C@@H](C(=O)N2Cc3ccccc3C[C@@H]2CC(=O)N2CCC[C@@H]2C(=O)O)CC[C@H]1c1ccccc1. The molecule has 2 fully saturated rings. The highest BCUT2D eigenvalue weighted by molar-refractivity contribution is 6.02. The number of carbonyl (C=O) groups is 5. The van der Waals surface area contributed by atoms with Gasteiger partial charge in [0.2, 0.25) is 17.7 Å². The highest BCUT2D eigenvalue weighted by Gasteiger charge is 2.50. The van der Waals surface area contributed by atoms with Crippen LogP contribution in [0.15, 0.2) is 78.9 Å². The molecule has 5 atom stereocenters. The molecule has 2 saturated heterocycles. The molecule has 52 heavy (non-hydrogen) atoms. The third-order valence-electron chi connectivity index (χ3n) is 10.9.